The largest absolute Gasteiger partial charge is 0.494 e. The summed E-state index contributed by atoms with van der Waals surface area (Å²) in [5, 5.41) is 9.61. The van der Waals surface area contributed by atoms with Gasteiger partial charge in [-0.05, 0) is 97.5 Å². The minimum absolute atomic E-state index is 0.0154. The van der Waals surface area contributed by atoms with Crippen LogP contribution in [0.2, 0.25) is 0 Å². The molecule has 0 heterocycles. The molecule has 0 radical (unpaired) electrons. The molecular formula is C29H29F3N2O5. The zero-order chi connectivity index (χ0) is 28.4. The van der Waals surface area contributed by atoms with Crippen LogP contribution in [0.5, 0.6) is 11.5 Å². The Bertz CT molecular complexity index is 1300. The molecule has 3 aromatic rings. The molecule has 0 amide bonds. The van der Waals surface area contributed by atoms with E-state index in [2.05, 4.69) is 0 Å². The summed E-state index contributed by atoms with van der Waals surface area (Å²) < 4.78 is 47.3. The third-order valence-electron chi connectivity index (χ3n) is 5.75. The molecule has 3 aromatic carbocycles. The van der Waals surface area contributed by atoms with Crippen LogP contribution >= 0.6 is 0 Å². The van der Waals surface area contributed by atoms with Gasteiger partial charge < -0.3 is 26.0 Å². The molecule has 206 valence electrons. The van der Waals surface area contributed by atoms with E-state index in [9.17, 15) is 27.9 Å². The Morgan fingerprint density at radius 1 is 0.897 bits per heavy atom. The van der Waals surface area contributed by atoms with Crippen molar-refractivity contribution in [1.82, 2.24) is 0 Å². The van der Waals surface area contributed by atoms with E-state index in [0.717, 1.165) is 5.56 Å². The highest BCUT2D eigenvalue weighted by Gasteiger charge is 2.25. The van der Waals surface area contributed by atoms with Gasteiger partial charge in [0.1, 0.15) is 11.5 Å². The number of unbranched alkanes of at least 4 members (excludes halogenated alkanes) is 1. The van der Waals surface area contributed by atoms with Gasteiger partial charge in [0.25, 0.3) is 0 Å². The molecule has 39 heavy (non-hydrogen) atoms. The van der Waals surface area contributed by atoms with E-state index < -0.39 is 24.5 Å². The number of halogens is 3. The Morgan fingerprint density at radius 3 is 2.21 bits per heavy atom. The third-order valence-corrected chi connectivity index (χ3v) is 5.75. The van der Waals surface area contributed by atoms with Crippen LogP contribution in [0, 0.1) is 0 Å². The van der Waals surface area contributed by atoms with Gasteiger partial charge in [0.05, 0.1) is 12.2 Å². The van der Waals surface area contributed by atoms with Crippen LogP contribution in [0.3, 0.4) is 0 Å². The molecule has 0 spiro atoms. The molecule has 5 N–H and O–H groups in total. The van der Waals surface area contributed by atoms with Crippen LogP contribution in [0.4, 0.5) is 24.5 Å². The second-order valence-electron chi connectivity index (χ2n) is 8.84. The second kappa shape index (κ2) is 13.4. The van der Waals surface area contributed by atoms with Crippen LogP contribution in [0.1, 0.15) is 47.2 Å². The number of carboxylic acids is 1. The van der Waals surface area contributed by atoms with Gasteiger partial charge in [-0.3, -0.25) is 0 Å². The number of nitrogens with two attached hydrogens (primary N) is 2. The number of carboxylic acid groups (broad SMARTS) is 1. The number of rotatable bonds is 12. The summed E-state index contributed by atoms with van der Waals surface area (Å²) in [5.41, 5.74) is 14.7. The Morgan fingerprint density at radius 2 is 1.56 bits per heavy atom. The maximum Gasteiger partial charge on any atom is 0.389 e. The minimum Gasteiger partial charge on any atom is -0.494 e. The third kappa shape index (κ3) is 9.73. The molecule has 0 aromatic heterocycles. The average molecular weight is 543 g/mol. The summed E-state index contributed by atoms with van der Waals surface area (Å²) in [6.07, 6.45) is -2.58. The Hall–Kier alpha value is -4.47. The van der Waals surface area contributed by atoms with E-state index in [0.29, 0.717) is 29.1 Å². The molecule has 0 bridgehead atoms. The maximum absolute atomic E-state index is 12.5. The summed E-state index contributed by atoms with van der Waals surface area (Å²) in [6.45, 7) is 0.138. The van der Waals surface area contributed by atoms with Gasteiger partial charge in [-0.15, -0.1) is 0 Å². The predicted octanol–water partition coefficient (Wildman–Crippen LogP) is 6.28. The molecule has 7 nitrogen and oxygen atoms in total. The summed E-state index contributed by atoms with van der Waals surface area (Å²) in [5.74, 6) is -0.961. The molecule has 0 atom stereocenters. The van der Waals surface area contributed by atoms with Crippen molar-refractivity contribution < 1.29 is 37.3 Å². The minimum atomic E-state index is -4.17. The number of carbonyl (C=O) groups is 2. The molecule has 0 fully saturated rings. The molecule has 3 rings (SSSR count). The lowest BCUT2D eigenvalue weighted by Gasteiger charge is -2.09. The smallest absolute Gasteiger partial charge is 0.389 e. The van der Waals surface area contributed by atoms with Crippen LogP contribution in [0.25, 0.3) is 6.08 Å². The number of hydrogen-bond acceptors (Lipinski definition) is 6. The number of aryl methyl sites for hydroxylation is 1. The summed E-state index contributed by atoms with van der Waals surface area (Å²) in [4.78, 5) is 24.2. The highest BCUT2D eigenvalue weighted by molar-refractivity contribution is 5.92. The van der Waals surface area contributed by atoms with E-state index in [4.69, 9.17) is 20.9 Å². The van der Waals surface area contributed by atoms with Gasteiger partial charge >= 0.3 is 18.1 Å². The fraction of sp³-hybridized carbons (Fsp3) is 0.241. The maximum atomic E-state index is 12.5. The molecule has 0 unspecified atom stereocenters. The highest BCUT2D eigenvalue weighted by atomic mass is 19.4. The topological polar surface area (TPSA) is 125 Å². The summed E-state index contributed by atoms with van der Waals surface area (Å²) in [6, 6.07) is 17.5. The number of hydrogen-bond donors (Lipinski definition) is 3. The van der Waals surface area contributed by atoms with Gasteiger partial charge in [0, 0.05) is 23.4 Å². The number of alkyl halides is 3. The van der Waals surface area contributed by atoms with Crippen molar-refractivity contribution in [2.75, 3.05) is 18.1 Å². The van der Waals surface area contributed by atoms with Gasteiger partial charge in [0.2, 0.25) is 0 Å². The summed E-state index contributed by atoms with van der Waals surface area (Å²) in [7, 11) is 0. The molecule has 0 aliphatic heterocycles. The van der Waals surface area contributed by atoms with E-state index >= 15 is 0 Å². The van der Waals surface area contributed by atoms with Gasteiger partial charge in [-0.1, -0.05) is 12.1 Å². The second-order valence-corrected chi connectivity index (χ2v) is 8.84. The zero-order valence-corrected chi connectivity index (χ0v) is 21.0. The lowest BCUT2D eigenvalue weighted by molar-refractivity contribution is -0.136. The number of carbonyl (C=O) groups excluding carboxylic acids is 1. The number of anilines is 2. The normalized spacial score (nSPS) is 11.7. The number of benzene rings is 3. The van der Waals surface area contributed by atoms with Gasteiger partial charge in [0.15, 0.2) is 0 Å². The molecule has 0 saturated heterocycles. The van der Waals surface area contributed by atoms with E-state index in [1.54, 1.807) is 54.6 Å². The zero-order valence-electron chi connectivity index (χ0n) is 21.0. The lowest BCUT2D eigenvalue weighted by Crippen LogP contribution is -2.09. The molecular weight excluding hydrogens is 513 g/mol. The highest BCUT2D eigenvalue weighted by Crippen LogP contribution is 2.24. The van der Waals surface area contributed by atoms with E-state index in [1.165, 1.54) is 18.2 Å². The standard InChI is InChI=1S/C29H29F3N2O5/c30-29(31,32)15-1-2-16-38-24-12-7-20(8-13-24)28(37)39-25-10-3-19(4-11-25)17-22(27(35)36)6-5-21-18-23(33)9-14-26(21)34/h3-4,7-14,17-18H,1-2,5-6,15-16,33-34H2,(H,35,36). The first-order valence-corrected chi connectivity index (χ1v) is 12.2. The van der Waals surface area contributed by atoms with E-state index in [1.807, 2.05) is 0 Å². The van der Waals surface area contributed by atoms with Gasteiger partial charge in [-0.2, -0.15) is 13.2 Å². The first-order chi connectivity index (χ1) is 18.5. The Labute approximate surface area is 223 Å². The Balaban J connectivity index is 1.53. The number of esters is 1. The Kier molecular flexibility index (Phi) is 9.97. The molecule has 0 saturated carbocycles. The SMILES string of the molecule is Nc1ccc(N)c(CCC(=Cc2ccc(OC(=O)c3ccc(OCCCCC(F)(F)F)cc3)cc2)C(=O)O)c1. The first kappa shape index (κ1) is 29.1. The van der Waals surface area contributed by atoms with Crippen molar-refractivity contribution in [3.05, 3.63) is 89.0 Å². The lowest BCUT2D eigenvalue weighted by atomic mass is 10.0. The number of nitrogen functional groups attached to an aromatic ring is 2. The molecule has 0 aliphatic carbocycles. The monoisotopic (exact) mass is 542 g/mol. The molecule has 0 aliphatic rings. The van der Waals surface area contributed by atoms with E-state index in [-0.39, 0.29) is 42.8 Å². The van der Waals surface area contributed by atoms with Crippen molar-refractivity contribution in [3.63, 3.8) is 0 Å². The van der Waals surface area contributed by atoms with Crippen molar-refractivity contribution in [2.45, 2.75) is 38.3 Å². The van der Waals surface area contributed by atoms with Crippen molar-refractivity contribution in [3.8, 4) is 11.5 Å². The van der Waals surface area contributed by atoms with Crippen molar-refractivity contribution in [1.29, 1.82) is 0 Å². The number of aliphatic carboxylic acids is 1. The fourth-order valence-electron chi connectivity index (χ4n) is 3.66. The molecule has 10 heteroatoms. The first-order valence-electron chi connectivity index (χ1n) is 12.2. The van der Waals surface area contributed by atoms with Crippen LogP contribution in [0.15, 0.2) is 72.3 Å². The quantitative estimate of drug-likeness (QED) is 0.0808. The van der Waals surface area contributed by atoms with Crippen LogP contribution < -0.4 is 20.9 Å². The van der Waals surface area contributed by atoms with Crippen LogP contribution in [-0.2, 0) is 11.2 Å². The summed E-state index contributed by atoms with van der Waals surface area (Å²) >= 11 is 0. The average Bonchev–Trinajstić information content (AvgIpc) is 2.88. The predicted molar refractivity (Wildman–Crippen MR) is 142 cm³/mol. The van der Waals surface area contributed by atoms with Crippen molar-refractivity contribution in [2.24, 2.45) is 0 Å². The van der Waals surface area contributed by atoms with Crippen molar-refractivity contribution >= 4 is 29.4 Å². The fourth-order valence-corrected chi connectivity index (χ4v) is 3.66. The van der Waals surface area contributed by atoms with Crippen LogP contribution in [-0.4, -0.2) is 29.8 Å². The van der Waals surface area contributed by atoms with Gasteiger partial charge in [-0.25, -0.2) is 9.59 Å². The number of ether oxygens (including phenoxy) is 2.